The third kappa shape index (κ3) is 5.86. The molecule has 4 nitrogen and oxygen atoms in total. The molecule has 1 N–H and O–H groups in total. The molecule has 0 spiro atoms. The Balaban J connectivity index is 2.43. The van der Waals surface area contributed by atoms with Crippen LogP contribution in [0.1, 0.15) is 33.6 Å². The van der Waals surface area contributed by atoms with Crippen molar-refractivity contribution in [2.24, 2.45) is 0 Å². The summed E-state index contributed by atoms with van der Waals surface area (Å²) >= 11 is 3.60. The zero-order chi connectivity index (χ0) is 12.7. The molecule has 1 rings (SSSR count). The van der Waals surface area contributed by atoms with Gasteiger partial charge in [-0.15, -0.1) is 0 Å². The van der Waals surface area contributed by atoms with Gasteiger partial charge in [0.1, 0.15) is 5.82 Å². The number of rotatable bonds is 7. The quantitative estimate of drug-likeness (QED) is 0.786. The van der Waals surface area contributed by atoms with Gasteiger partial charge in [0.15, 0.2) is 0 Å². The monoisotopic (exact) mass is 301 g/mol. The number of nitrogens with one attached hydrogen (secondary N) is 1. The predicted molar refractivity (Wildman–Crippen MR) is 73.9 cm³/mol. The molecule has 0 aliphatic carbocycles. The van der Waals surface area contributed by atoms with Gasteiger partial charge in [0.25, 0.3) is 0 Å². The van der Waals surface area contributed by atoms with Crippen LogP contribution in [-0.4, -0.2) is 27.4 Å². The van der Waals surface area contributed by atoms with E-state index in [4.69, 9.17) is 4.74 Å². The van der Waals surface area contributed by atoms with Gasteiger partial charge in [-0.05, 0) is 26.7 Å². The highest BCUT2D eigenvalue weighted by Gasteiger charge is 2.03. The second-order valence-electron chi connectivity index (χ2n) is 4.13. The summed E-state index contributed by atoms with van der Waals surface area (Å²) in [5, 5.41) is 3.24. The topological polar surface area (TPSA) is 47.0 Å². The standard InChI is InChI=1S/C12H20BrN3O/c1-4-10(13)5-6-15-11-7-14-8-12(16-11)17-9(2)3/h7-10H,4-6H2,1-3H3,(H,15,16). The van der Waals surface area contributed by atoms with Gasteiger partial charge in [0.05, 0.1) is 18.5 Å². The van der Waals surface area contributed by atoms with Crippen LogP contribution in [0.5, 0.6) is 5.88 Å². The third-order valence-corrected chi connectivity index (χ3v) is 3.28. The molecule has 1 atom stereocenters. The number of halogens is 1. The molecule has 1 aromatic rings. The molecule has 0 fully saturated rings. The Kier molecular flexibility index (Phi) is 6.26. The molecule has 0 saturated heterocycles. The van der Waals surface area contributed by atoms with Crippen LogP contribution in [0.2, 0.25) is 0 Å². The molecule has 0 aromatic carbocycles. The number of anilines is 1. The van der Waals surface area contributed by atoms with Crippen molar-refractivity contribution in [2.45, 2.75) is 44.5 Å². The fraction of sp³-hybridized carbons (Fsp3) is 0.667. The number of nitrogens with zero attached hydrogens (tertiary/aromatic N) is 2. The highest BCUT2D eigenvalue weighted by Crippen LogP contribution is 2.12. The smallest absolute Gasteiger partial charge is 0.234 e. The second-order valence-corrected chi connectivity index (χ2v) is 5.43. The van der Waals surface area contributed by atoms with Crippen molar-refractivity contribution >= 4 is 21.7 Å². The van der Waals surface area contributed by atoms with E-state index < -0.39 is 0 Å². The van der Waals surface area contributed by atoms with E-state index in [1.165, 1.54) is 0 Å². The van der Waals surface area contributed by atoms with Crippen LogP contribution in [0, 0.1) is 0 Å². The van der Waals surface area contributed by atoms with E-state index in [2.05, 4.69) is 38.1 Å². The summed E-state index contributed by atoms with van der Waals surface area (Å²) in [7, 11) is 0. The van der Waals surface area contributed by atoms with Gasteiger partial charge in [-0.25, -0.2) is 0 Å². The van der Waals surface area contributed by atoms with E-state index in [0.717, 1.165) is 25.2 Å². The van der Waals surface area contributed by atoms with Gasteiger partial charge >= 0.3 is 0 Å². The lowest BCUT2D eigenvalue weighted by molar-refractivity contribution is 0.232. The maximum atomic E-state index is 5.48. The van der Waals surface area contributed by atoms with Crippen molar-refractivity contribution in [3.63, 3.8) is 0 Å². The summed E-state index contributed by atoms with van der Waals surface area (Å²) in [5.41, 5.74) is 0. The van der Waals surface area contributed by atoms with Crippen molar-refractivity contribution in [2.75, 3.05) is 11.9 Å². The van der Waals surface area contributed by atoms with Gasteiger partial charge in [-0.3, -0.25) is 4.98 Å². The molecule has 17 heavy (non-hydrogen) atoms. The molecule has 96 valence electrons. The highest BCUT2D eigenvalue weighted by molar-refractivity contribution is 9.09. The zero-order valence-corrected chi connectivity index (χ0v) is 12.2. The van der Waals surface area contributed by atoms with E-state index in [1.54, 1.807) is 12.4 Å². The minimum absolute atomic E-state index is 0.117. The molecule has 0 bridgehead atoms. The highest BCUT2D eigenvalue weighted by atomic mass is 79.9. The largest absolute Gasteiger partial charge is 0.474 e. The Labute approximate surface area is 111 Å². The normalized spacial score (nSPS) is 12.5. The maximum absolute atomic E-state index is 5.48. The maximum Gasteiger partial charge on any atom is 0.234 e. The van der Waals surface area contributed by atoms with Crippen molar-refractivity contribution in [1.29, 1.82) is 0 Å². The van der Waals surface area contributed by atoms with Crippen LogP contribution in [-0.2, 0) is 0 Å². The SMILES string of the molecule is CCC(Br)CCNc1cncc(OC(C)C)n1. The van der Waals surface area contributed by atoms with E-state index in [-0.39, 0.29) is 6.10 Å². The first kappa shape index (κ1) is 14.2. The lowest BCUT2D eigenvalue weighted by Crippen LogP contribution is -2.11. The molecule has 1 unspecified atom stereocenters. The Hall–Kier alpha value is -0.840. The summed E-state index contributed by atoms with van der Waals surface area (Å²) in [6.07, 6.45) is 5.65. The molecule has 0 amide bonds. The average Bonchev–Trinajstić information content (AvgIpc) is 2.28. The average molecular weight is 302 g/mol. The fourth-order valence-electron chi connectivity index (χ4n) is 1.29. The zero-order valence-electron chi connectivity index (χ0n) is 10.6. The minimum Gasteiger partial charge on any atom is -0.474 e. The Morgan fingerprint density at radius 2 is 2.18 bits per heavy atom. The molecule has 0 radical (unpaired) electrons. The Morgan fingerprint density at radius 1 is 1.41 bits per heavy atom. The molecule has 5 heteroatoms. The van der Waals surface area contributed by atoms with Crippen LogP contribution < -0.4 is 10.1 Å². The van der Waals surface area contributed by atoms with E-state index in [9.17, 15) is 0 Å². The molecule has 1 heterocycles. The summed E-state index contributed by atoms with van der Waals surface area (Å²) in [6.45, 7) is 6.98. The summed E-state index contributed by atoms with van der Waals surface area (Å²) in [4.78, 5) is 8.97. The van der Waals surface area contributed by atoms with Crippen LogP contribution in [0.25, 0.3) is 0 Å². The number of hydrogen-bond acceptors (Lipinski definition) is 4. The van der Waals surface area contributed by atoms with Crippen LogP contribution >= 0.6 is 15.9 Å². The number of aromatic nitrogens is 2. The molecular weight excluding hydrogens is 282 g/mol. The third-order valence-electron chi connectivity index (χ3n) is 2.18. The van der Waals surface area contributed by atoms with E-state index in [0.29, 0.717) is 10.7 Å². The summed E-state index contributed by atoms with van der Waals surface area (Å²) in [5.74, 6) is 1.33. The number of alkyl halides is 1. The first-order valence-corrected chi connectivity index (χ1v) is 6.90. The van der Waals surface area contributed by atoms with Crippen molar-refractivity contribution in [3.05, 3.63) is 12.4 Å². The van der Waals surface area contributed by atoms with Gasteiger partial charge < -0.3 is 10.1 Å². The van der Waals surface area contributed by atoms with Gasteiger partial charge in [-0.2, -0.15) is 4.98 Å². The Bertz CT molecular complexity index is 333. The van der Waals surface area contributed by atoms with Gasteiger partial charge in [0.2, 0.25) is 5.88 Å². The van der Waals surface area contributed by atoms with E-state index in [1.807, 2.05) is 13.8 Å². The number of hydrogen-bond donors (Lipinski definition) is 1. The molecular formula is C12H20BrN3O. The lowest BCUT2D eigenvalue weighted by atomic mass is 10.2. The molecule has 1 aromatic heterocycles. The number of ether oxygens (including phenoxy) is 1. The van der Waals surface area contributed by atoms with Crippen LogP contribution in [0.4, 0.5) is 5.82 Å². The molecule has 0 aliphatic rings. The minimum atomic E-state index is 0.117. The fourth-order valence-corrected chi connectivity index (χ4v) is 1.52. The second kappa shape index (κ2) is 7.48. The van der Waals surface area contributed by atoms with Gasteiger partial charge in [-0.1, -0.05) is 22.9 Å². The van der Waals surface area contributed by atoms with E-state index >= 15 is 0 Å². The van der Waals surface area contributed by atoms with Crippen LogP contribution in [0.15, 0.2) is 12.4 Å². The Morgan fingerprint density at radius 3 is 2.82 bits per heavy atom. The predicted octanol–water partition coefficient (Wildman–Crippen LogP) is 3.24. The summed E-state index contributed by atoms with van der Waals surface area (Å²) in [6, 6.07) is 0. The molecule has 0 aliphatic heterocycles. The van der Waals surface area contributed by atoms with Gasteiger partial charge in [0, 0.05) is 11.4 Å². The molecule has 0 saturated carbocycles. The summed E-state index contributed by atoms with van der Waals surface area (Å²) < 4.78 is 5.48. The lowest BCUT2D eigenvalue weighted by Gasteiger charge is -2.11. The first-order valence-electron chi connectivity index (χ1n) is 5.98. The van der Waals surface area contributed by atoms with Crippen molar-refractivity contribution in [1.82, 2.24) is 9.97 Å². The van der Waals surface area contributed by atoms with Crippen LogP contribution in [0.3, 0.4) is 0 Å². The van der Waals surface area contributed by atoms with Crippen molar-refractivity contribution in [3.8, 4) is 5.88 Å². The van der Waals surface area contributed by atoms with Crippen molar-refractivity contribution < 1.29 is 4.74 Å². The first-order chi connectivity index (χ1) is 8.11.